The van der Waals surface area contributed by atoms with Crippen molar-refractivity contribution in [2.45, 2.75) is 20.8 Å². The second kappa shape index (κ2) is 46.5. The summed E-state index contributed by atoms with van der Waals surface area (Å²) in [6.45, 7) is 5.79. The van der Waals surface area contributed by atoms with Crippen molar-refractivity contribution in [3.05, 3.63) is 0 Å². The predicted molar refractivity (Wildman–Crippen MR) is 60.3 cm³/mol. The van der Waals surface area contributed by atoms with Crippen molar-refractivity contribution >= 4 is 11.9 Å². The number of aliphatic hydroxyl groups excluding tert-OH is 3. The Morgan fingerprint density at radius 3 is 0.824 bits per heavy atom. The SMILES string of the molecule is CCO.CCO.CCO.O=C([O-])C(=O)[O-].[NH4+].[NH4+]. The molecular formula is C8H26N2O7. The molecule has 0 heterocycles. The molecule has 0 radical (unpaired) electrons. The van der Waals surface area contributed by atoms with Crippen LogP contribution in [0.5, 0.6) is 0 Å². The molecule has 9 heteroatoms. The Morgan fingerprint density at radius 2 is 0.824 bits per heavy atom. The van der Waals surface area contributed by atoms with E-state index < -0.39 is 11.9 Å². The molecule has 0 atom stereocenters. The number of carboxylic acid groups (broad SMARTS) is 2. The fourth-order valence-corrected chi connectivity index (χ4v) is 0. The quantitative estimate of drug-likeness (QED) is 0.289. The molecule has 0 fully saturated rings. The molecule has 0 aromatic heterocycles. The number of hydrogen-bond acceptors (Lipinski definition) is 7. The standard InChI is InChI=1S/C2H2O4.3C2H6O.2H3N/c3-1(4)2(5)6;3*1-2-3;;/h(H,3,4)(H,5,6);3*3H,2H2,1H3;2*1H3. The Morgan fingerprint density at radius 1 is 0.765 bits per heavy atom. The minimum absolute atomic E-state index is 0. The number of carbonyl (C=O) groups is 2. The van der Waals surface area contributed by atoms with Gasteiger partial charge in [-0.05, 0) is 20.8 Å². The van der Waals surface area contributed by atoms with Crippen LogP contribution in [0, 0.1) is 0 Å². The van der Waals surface area contributed by atoms with Crippen LogP contribution in [0.15, 0.2) is 0 Å². The van der Waals surface area contributed by atoms with E-state index in [1.54, 1.807) is 20.8 Å². The van der Waals surface area contributed by atoms with Crippen LogP contribution in [0.4, 0.5) is 0 Å². The van der Waals surface area contributed by atoms with Gasteiger partial charge in [0.1, 0.15) is 0 Å². The minimum Gasteiger partial charge on any atom is -0.543 e. The molecule has 110 valence electrons. The van der Waals surface area contributed by atoms with Crippen molar-refractivity contribution in [2.24, 2.45) is 0 Å². The summed E-state index contributed by atoms with van der Waals surface area (Å²) in [6.07, 6.45) is 0. The molecule has 17 heavy (non-hydrogen) atoms. The molecule has 0 aliphatic heterocycles. The predicted octanol–water partition coefficient (Wildman–Crippen LogP) is -2.77. The van der Waals surface area contributed by atoms with Gasteiger partial charge >= 0.3 is 0 Å². The van der Waals surface area contributed by atoms with Gasteiger partial charge in [-0.1, -0.05) is 0 Å². The van der Waals surface area contributed by atoms with Crippen LogP contribution in [0.2, 0.25) is 0 Å². The summed E-state index contributed by atoms with van der Waals surface area (Å²) < 4.78 is 0. The van der Waals surface area contributed by atoms with Crippen molar-refractivity contribution in [1.29, 1.82) is 0 Å². The Balaban J connectivity index is -0.0000000243. The first kappa shape index (κ1) is 36.0. The fourth-order valence-electron chi connectivity index (χ4n) is 0. The maximum atomic E-state index is 8.93. The monoisotopic (exact) mass is 262 g/mol. The summed E-state index contributed by atoms with van der Waals surface area (Å²) in [5.74, 6) is -4.37. The van der Waals surface area contributed by atoms with Crippen molar-refractivity contribution < 1.29 is 35.1 Å². The molecule has 0 unspecified atom stereocenters. The van der Waals surface area contributed by atoms with E-state index in [9.17, 15) is 0 Å². The van der Waals surface area contributed by atoms with Crippen molar-refractivity contribution in [1.82, 2.24) is 12.3 Å². The number of rotatable bonds is 0. The molecule has 0 saturated heterocycles. The van der Waals surface area contributed by atoms with E-state index in [1.807, 2.05) is 0 Å². The number of carbonyl (C=O) groups excluding carboxylic acids is 2. The zero-order valence-corrected chi connectivity index (χ0v) is 11.1. The van der Waals surface area contributed by atoms with Crippen LogP contribution in [-0.2, 0) is 9.59 Å². The summed E-state index contributed by atoms with van der Waals surface area (Å²) >= 11 is 0. The topological polar surface area (TPSA) is 214 Å². The fraction of sp³-hybridized carbons (Fsp3) is 0.750. The smallest absolute Gasteiger partial charge is 0.0870 e. The van der Waals surface area contributed by atoms with Gasteiger partial charge in [0, 0.05) is 19.8 Å². The normalized spacial score (nSPS) is 5.76. The highest BCUT2D eigenvalue weighted by Gasteiger charge is 1.74. The maximum absolute atomic E-state index is 8.93. The van der Waals surface area contributed by atoms with Gasteiger partial charge in [-0.3, -0.25) is 0 Å². The number of hydrogen-bond donors (Lipinski definition) is 5. The molecular weight excluding hydrogens is 236 g/mol. The number of aliphatic hydroxyl groups is 3. The van der Waals surface area contributed by atoms with Crippen LogP contribution >= 0.6 is 0 Å². The lowest BCUT2D eigenvalue weighted by Crippen LogP contribution is -2.42. The van der Waals surface area contributed by atoms with E-state index >= 15 is 0 Å². The van der Waals surface area contributed by atoms with Crippen molar-refractivity contribution in [2.75, 3.05) is 19.8 Å². The molecule has 0 rings (SSSR count). The molecule has 0 spiro atoms. The van der Waals surface area contributed by atoms with E-state index in [-0.39, 0.29) is 32.1 Å². The zero-order chi connectivity index (χ0) is 13.3. The molecule has 0 aliphatic rings. The van der Waals surface area contributed by atoms with Crippen LogP contribution in [-0.4, -0.2) is 47.1 Å². The average Bonchev–Trinajstić information content (AvgIpc) is 2.07. The Hall–Kier alpha value is -1.26. The highest BCUT2D eigenvalue weighted by molar-refractivity contribution is 6.25. The third-order valence-corrected chi connectivity index (χ3v) is 0.167. The lowest BCUT2D eigenvalue weighted by atomic mass is 10.7. The second-order valence-corrected chi connectivity index (χ2v) is 1.52. The second-order valence-electron chi connectivity index (χ2n) is 1.52. The van der Waals surface area contributed by atoms with Crippen LogP contribution in [0.3, 0.4) is 0 Å². The Kier molecular flexibility index (Phi) is 98.5. The molecule has 0 aliphatic carbocycles. The first-order chi connectivity index (χ1) is 6.89. The minimum atomic E-state index is -2.19. The van der Waals surface area contributed by atoms with E-state index in [0.29, 0.717) is 0 Å². The molecule has 0 amide bonds. The van der Waals surface area contributed by atoms with Gasteiger partial charge in [0.25, 0.3) is 0 Å². The molecule has 11 N–H and O–H groups in total. The summed E-state index contributed by atoms with van der Waals surface area (Å²) in [7, 11) is 0. The van der Waals surface area contributed by atoms with Gasteiger partial charge in [0.2, 0.25) is 0 Å². The first-order valence-electron chi connectivity index (χ1n) is 4.14. The summed E-state index contributed by atoms with van der Waals surface area (Å²) in [4.78, 5) is 17.9. The zero-order valence-electron chi connectivity index (χ0n) is 11.1. The molecule has 0 saturated carbocycles. The third-order valence-electron chi connectivity index (χ3n) is 0.167. The first-order valence-corrected chi connectivity index (χ1v) is 4.14. The summed E-state index contributed by atoms with van der Waals surface area (Å²) in [5.41, 5.74) is 0. The number of aliphatic carboxylic acids is 2. The van der Waals surface area contributed by atoms with E-state index in [1.165, 1.54) is 0 Å². The van der Waals surface area contributed by atoms with Gasteiger partial charge in [-0.25, -0.2) is 0 Å². The molecule has 9 nitrogen and oxygen atoms in total. The van der Waals surface area contributed by atoms with Crippen LogP contribution < -0.4 is 22.5 Å². The molecule has 0 aromatic carbocycles. The Labute approximate surface area is 101 Å². The number of carboxylic acids is 2. The Bertz CT molecular complexity index is 116. The number of quaternary nitrogens is 2. The largest absolute Gasteiger partial charge is 0.543 e. The molecule has 0 aromatic rings. The van der Waals surface area contributed by atoms with E-state index in [2.05, 4.69) is 0 Å². The van der Waals surface area contributed by atoms with Crippen molar-refractivity contribution in [3.63, 3.8) is 0 Å². The lowest BCUT2D eigenvalue weighted by molar-refractivity contribution is -0.345. The van der Waals surface area contributed by atoms with E-state index in [0.717, 1.165) is 0 Å². The van der Waals surface area contributed by atoms with Crippen molar-refractivity contribution in [3.8, 4) is 0 Å². The highest BCUT2D eigenvalue weighted by atomic mass is 16.4. The average molecular weight is 262 g/mol. The lowest BCUT2D eigenvalue weighted by Gasteiger charge is -1.97. The maximum Gasteiger partial charge on any atom is 0.0870 e. The third kappa shape index (κ3) is 319. The van der Waals surface area contributed by atoms with Gasteiger partial charge in [0.05, 0.1) is 11.9 Å². The highest BCUT2D eigenvalue weighted by Crippen LogP contribution is 1.41. The van der Waals surface area contributed by atoms with Gasteiger partial charge in [0.15, 0.2) is 0 Å². The summed E-state index contributed by atoms with van der Waals surface area (Å²) in [5, 5.41) is 40.6. The van der Waals surface area contributed by atoms with Crippen LogP contribution in [0.1, 0.15) is 20.8 Å². The van der Waals surface area contributed by atoms with Crippen LogP contribution in [0.25, 0.3) is 0 Å². The molecule has 0 bridgehead atoms. The summed E-state index contributed by atoms with van der Waals surface area (Å²) in [6, 6.07) is 0. The van der Waals surface area contributed by atoms with E-state index in [4.69, 9.17) is 35.1 Å². The van der Waals surface area contributed by atoms with Gasteiger partial charge in [-0.2, -0.15) is 0 Å². The van der Waals surface area contributed by atoms with Gasteiger partial charge < -0.3 is 47.4 Å². The van der Waals surface area contributed by atoms with Gasteiger partial charge in [-0.15, -0.1) is 0 Å².